The highest BCUT2D eigenvalue weighted by atomic mass is 15.0. The first kappa shape index (κ1) is 26.5. The Kier molecular flexibility index (Phi) is 5.97. The normalized spacial score (nSPS) is 11.7. The number of nitrogens with zero attached hydrogens (tertiary/aromatic N) is 2. The van der Waals surface area contributed by atoms with Crippen LogP contribution in [0.2, 0.25) is 0 Å². The van der Waals surface area contributed by atoms with E-state index in [1.807, 2.05) is 0 Å². The first-order valence-corrected chi connectivity index (χ1v) is 15.9. The van der Waals surface area contributed by atoms with E-state index in [1.165, 1.54) is 82.7 Å². The van der Waals surface area contributed by atoms with Crippen molar-refractivity contribution in [2.45, 2.75) is 13.8 Å². The molecular formula is C44H32N2. The van der Waals surface area contributed by atoms with E-state index in [4.69, 9.17) is 0 Å². The van der Waals surface area contributed by atoms with E-state index in [9.17, 15) is 0 Å². The quantitative estimate of drug-likeness (QED) is 0.194. The van der Waals surface area contributed by atoms with E-state index in [0.717, 1.165) is 5.69 Å². The Bertz CT molecular complexity index is 2400. The van der Waals surface area contributed by atoms with Crippen LogP contribution >= 0.6 is 0 Å². The lowest BCUT2D eigenvalue weighted by Crippen LogP contribution is -2.04. The Hall–Kier alpha value is -5.86. The lowest BCUT2D eigenvalue weighted by molar-refractivity contribution is 1.15. The fourth-order valence-corrected chi connectivity index (χ4v) is 7.26. The zero-order valence-electron chi connectivity index (χ0n) is 25.9. The minimum Gasteiger partial charge on any atom is -0.309 e. The van der Waals surface area contributed by atoms with Gasteiger partial charge in [0.1, 0.15) is 0 Å². The summed E-state index contributed by atoms with van der Waals surface area (Å²) in [6.45, 7) is 4.31. The number of aromatic nitrogens is 2. The summed E-state index contributed by atoms with van der Waals surface area (Å²) in [6.07, 6.45) is 0. The van der Waals surface area contributed by atoms with Gasteiger partial charge in [-0.25, -0.2) is 0 Å². The molecule has 46 heavy (non-hydrogen) atoms. The summed E-state index contributed by atoms with van der Waals surface area (Å²) in [4.78, 5) is 0. The van der Waals surface area contributed by atoms with Crippen LogP contribution in [0.25, 0.3) is 77.2 Å². The van der Waals surface area contributed by atoms with Gasteiger partial charge in [-0.05, 0) is 61.4 Å². The average Bonchev–Trinajstić information content (AvgIpc) is 3.62. The largest absolute Gasteiger partial charge is 0.309 e. The van der Waals surface area contributed by atoms with Crippen LogP contribution in [0.5, 0.6) is 0 Å². The number of fused-ring (bicyclic) bond motifs is 6. The highest BCUT2D eigenvalue weighted by Gasteiger charge is 2.22. The summed E-state index contributed by atoms with van der Waals surface area (Å²) in [5.74, 6) is 0. The molecule has 0 N–H and O–H groups in total. The number of hydrogen-bond acceptors (Lipinski definition) is 0. The van der Waals surface area contributed by atoms with Crippen molar-refractivity contribution in [3.63, 3.8) is 0 Å². The summed E-state index contributed by atoms with van der Waals surface area (Å²) >= 11 is 0. The monoisotopic (exact) mass is 588 g/mol. The summed E-state index contributed by atoms with van der Waals surface area (Å²) < 4.78 is 4.93. The molecule has 0 bridgehead atoms. The number of hydrogen-bond donors (Lipinski definition) is 0. The summed E-state index contributed by atoms with van der Waals surface area (Å²) in [6, 6.07) is 57.9. The molecule has 0 radical (unpaired) electrons. The van der Waals surface area contributed by atoms with Crippen molar-refractivity contribution >= 4 is 43.6 Å². The molecule has 0 unspecified atom stereocenters. The average molecular weight is 589 g/mol. The van der Waals surface area contributed by atoms with Gasteiger partial charge in [-0.3, -0.25) is 0 Å². The fourth-order valence-electron chi connectivity index (χ4n) is 7.26. The molecule has 0 amide bonds. The third-order valence-corrected chi connectivity index (χ3v) is 9.46. The van der Waals surface area contributed by atoms with E-state index >= 15 is 0 Å². The molecule has 0 saturated carbocycles. The standard InChI is InChI=1S/C44H32N2/c1-29-19-23-31(24-20-29)38-27-33(45-40-15-7-3-11-34(40)35-12-4-8-16-41(35)45)28-39(32-25-21-30(2)22-26-32)44(38)46-42-17-9-5-13-36(42)37-14-6-10-18-43(37)46/h3-28H,1-2H3. The van der Waals surface area contributed by atoms with Gasteiger partial charge in [-0.15, -0.1) is 0 Å². The fraction of sp³-hybridized carbons (Fsp3) is 0.0455. The predicted octanol–water partition coefficient (Wildman–Crippen LogP) is 11.8. The second-order valence-corrected chi connectivity index (χ2v) is 12.4. The molecule has 0 aliphatic rings. The minimum atomic E-state index is 1.15. The van der Waals surface area contributed by atoms with E-state index in [1.54, 1.807) is 0 Å². The van der Waals surface area contributed by atoms with Crippen molar-refractivity contribution < 1.29 is 0 Å². The SMILES string of the molecule is Cc1ccc(-c2cc(-n3c4ccccc4c4ccccc43)cc(-c3ccc(C)cc3)c2-n2c3ccccc3c3ccccc32)cc1. The number of para-hydroxylation sites is 4. The van der Waals surface area contributed by atoms with Crippen LogP contribution in [0.1, 0.15) is 11.1 Å². The van der Waals surface area contributed by atoms with Crippen LogP contribution in [0.3, 0.4) is 0 Å². The maximum Gasteiger partial charge on any atom is 0.0620 e. The second-order valence-electron chi connectivity index (χ2n) is 12.4. The van der Waals surface area contributed by atoms with Gasteiger partial charge in [0.25, 0.3) is 0 Å². The topological polar surface area (TPSA) is 9.86 Å². The highest BCUT2D eigenvalue weighted by Crippen LogP contribution is 2.44. The molecule has 0 fully saturated rings. The zero-order chi connectivity index (χ0) is 30.8. The van der Waals surface area contributed by atoms with E-state index in [-0.39, 0.29) is 0 Å². The van der Waals surface area contributed by atoms with Crippen molar-refractivity contribution in [3.8, 4) is 33.6 Å². The molecule has 0 aliphatic heterocycles. The minimum absolute atomic E-state index is 1.15. The van der Waals surface area contributed by atoms with Crippen molar-refractivity contribution in [3.05, 3.63) is 169 Å². The van der Waals surface area contributed by atoms with E-state index < -0.39 is 0 Å². The molecule has 218 valence electrons. The Balaban J connectivity index is 1.49. The number of aryl methyl sites for hydroxylation is 2. The van der Waals surface area contributed by atoms with Crippen LogP contribution in [-0.4, -0.2) is 9.13 Å². The molecule has 2 heterocycles. The molecule has 2 nitrogen and oxygen atoms in total. The van der Waals surface area contributed by atoms with Crippen molar-refractivity contribution in [2.75, 3.05) is 0 Å². The van der Waals surface area contributed by atoms with Gasteiger partial charge in [-0.1, -0.05) is 132 Å². The predicted molar refractivity (Wildman–Crippen MR) is 195 cm³/mol. The van der Waals surface area contributed by atoms with Crippen LogP contribution in [0, 0.1) is 13.8 Å². The van der Waals surface area contributed by atoms with Crippen molar-refractivity contribution in [2.24, 2.45) is 0 Å². The smallest absolute Gasteiger partial charge is 0.0620 e. The van der Waals surface area contributed by atoms with Gasteiger partial charge in [0, 0.05) is 38.4 Å². The molecule has 0 spiro atoms. The van der Waals surface area contributed by atoms with Crippen molar-refractivity contribution in [1.82, 2.24) is 9.13 Å². The molecule has 2 aromatic heterocycles. The highest BCUT2D eigenvalue weighted by molar-refractivity contribution is 6.12. The lowest BCUT2D eigenvalue weighted by atomic mass is 9.93. The first-order valence-electron chi connectivity index (χ1n) is 15.9. The van der Waals surface area contributed by atoms with Crippen LogP contribution < -0.4 is 0 Å². The van der Waals surface area contributed by atoms with Crippen LogP contribution in [0.4, 0.5) is 0 Å². The first-order chi connectivity index (χ1) is 22.7. The molecular weight excluding hydrogens is 556 g/mol. The third kappa shape index (κ3) is 4.04. The lowest BCUT2D eigenvalue weighted by Gasteiger charge is -2.22. The second kappa shape index (κ2) is 10.4. The Labute approximate surface area is 268 Å². The van der Waals surface area contributed by atoms with Crippen LogP contribution in [-0.2, 0) is 0 Å². The van der Waals surface area contributed by atoms with Crippen LogP contribution in [0.15, 0.2) is 158 Å². The van der Waals surface area contributed by atoms with Gasteiger partial charge in [0.05, 0.1) is 27.8 Å². The zero-order valence-corrected chi connectivity index (χ0v) is 25.9. The molecule has 9 rings (SSSR count). The molecule has 0 aliphatic carbocycles. The Morgan fingerprint density at radius 2 is 0.674 bits per heavy atom. The number of rotatable bonds is 4. The third-order valence-electron chi connectivity index (χ3n) is 9.46. The van der Waals surface area contributed by atoms with Crippen molar-refractivity contribution in [1.29, 1.82) is 0 Å². The molecule has 9 aromatic rings. The van der Waals surface area contributed by atoms with E-state index in [2.05, 4.69) is 181 Å². The number of benzene rings is 7. The maximum atomic E-state index is 2.49. The van der Waals surface area contributed by atoms with Gasteiger partial charge in [0.2, 0.25) is 0 Å². The molecule has 7 aromatic carbocycles. The molecule has 2 heteroatoms. The summed E-state index contributed by atoms with van der Waals surface area (Å²) in [7, 11) is 0. The Morgan fingerprint density at radius 1 is 0.348 bits per heavy atom. The van der Waals surface area contributed by atoms with Gasteiger partial charge >= 0.3 is 0 Å². The van der Waals surface area contributed by atoms with E-state index in [0.29, 0.717) is 0 Å². The van der Waals surface area contributed by atoms with Gasteiger partial charge < -0.3 is 9.13 Å². The summed E-state index contributed by atoms with van der Waals surface area (Å²) in [5.41, 5.74) is 14.4. The summed E-state index contributed by atoms with van der Waals surface area (Å²) in [5, 5.41) is 5.04. The Morgan fingerprint density at radius 3 is 1.04 bits per heavy atom. The van der Waals surface area contributed by atoms with Gasteiger partial charge in [0.15, 0.2) is 0 Å². The van der Waals surface area contributed by atoms with Gasteiger partial charge in [-0.2, -0.15) is 0 Å². The maximum absolute atomic E-state index is 2.49. The molecule has 0 saturated heterocycles. The molecule has 0 atom stereocenters.